The molecule has 0 saturated heterocycles. The lowest BCUT2D eigenvalue weighted by atomic mass is 10.1. The zero-order chi connectivity index (χ0) is 10.4. The second kappa shape index (κ2) is 5.36. The molecule has 14 heavy (non-hydrogen) atoms. The molecule has 1 atom stereocenters. The summed E-state index contributed by atoms with van der Waals surface area (Å²) >= 11 is 0. The summed E-state index contributed by atoms with van der Waals surface area (Å²) in [5, 5.41) is 0. The summed E-state index contributed by atoms with van der Waals surface area (Å²) in [6.45, 7) is 0. The molecule has 1 unspecified atom stereocenters. The zero-order valence-corrected chi connectivity index (χ0v) is 7.91. The first kappa shape index (κ1) is 10.7. The van der Waals surface area contributed by atoms with Crippen LogP contribution in [0.3, 0.4) is 0 Å². The molecule has 2 nitrogen and oxygen atoms in total. The average Bonchev–Trinajstić information content (AvgIpc) is 2.18. The highest BCUT2D eigenvalue weighted by atomic mass is 19.1. The predicted octanol–water partition coefficient (Wildman–Crippen LogP) is 2.02. The van der Waals surface area contributed by atoms with Gasteiger partial charge in [-0.05, 0) is 25.0 Å². The number of terminal acetylenes is 1. The predicted molar refractivity (Wildman–Crippen MR) is 53.8 cm³/mol. The van der Waals surface area contributed by atoms with Gasteiger partial charge in [-0.2, -0.15) is 0 Å². The van der Waals surface area contributed by atoms with Crippen molar-refractivity contribution in [3.8, 4) is 12.3 Å². The summed E-state index contributed by atoms with van der Waals surface area (Å²) in [6, 6.07) is 2.56. The topological polar surface area (TPSA) is 38.9 Å². The van der Waals surface area contributed by atoms with Gasteiger partial charge < -0.3 is 5.73 Å². The minimum absolute atomic E-state index is 0.324. The molecule has 0 bridgehead atoms. The number of aromatic nitrogens is 1. The van der Waals surface area contributed by atoms with Gasteiger partial charge in [0.25, 0.3) is 0 Å². The van der Waals surface area contributed by atoms with Gasteiger partial charge in [0, 0.05) is 18.7 Å². The van der Waals surface area contributed by atoms with Crippen molar-refractivity contribution in [3.05, 3.63) is 29.8 Å². The molecule has 0 aliphatic rings. The fourth-order valence-electron chi connectivity index (χ4n) is 1.23. The molecule has 1 rings (SSSR count). The maximum Gasteiger partial charge on any atom is 0.146 e. The number of unbranched alkanes of at least 4 members (excludes halogenated alkanes) is 1. The molecule has 0 spiro atoms. The van der Waals surface area contributed by atoms with E-state index in [2.05, 4.69) is 10.9 Å². The molecule has 2 N–H and O–H groups in total. The van der Waals surface area contributed by atoms with Crippen molar-refractivity contribution < 1.29 is 4.39 Å². The number of rotatable bonds is 4. The third-order valence-electron chi connectivity index (χ3n) is 1.97. The Kier molecular flexibility index (Phi) is 4.09. The van der Waals surface area contributed by atoms with Crippen LogP contribution in [0.1, 0.15) is 31.0 Å². The number of hydrogen-bond acceptors (Lipinski definition) is 2. The van der Waals surface area contributed by atoms with Crippen LogP contribution >= 0.6 is 0 Å². The molecule has 0 aliphatic carbocycles. The number of halogens is 1. The molecule has 74 valence electrons. The quantitative estimate of drug-likeness (QED) is 0.585. The van der Waals surface area contributed by atoms with Crippen molar-refractivity contribution >= 4 is 0 Å². The SMILES string of the molecule is C#CCCCC(N)c1ncccc1F. The standard InChI is InChI=1S/C11H13FN2/c1-2-3-4-7-10(13)11-9(12)6-5-8-14-11/h1,5-6,8,10H,3-4,7,13H2. The minimum atomic E-state index is -0.357. The Balaban J connectivity index is 2.57. The van der Waals surface area contributed by atoms with E-state index in [1.807, 2.05) is 0 Å². The fraction of sp³-hybridized carbons (Fsp3) is 0.364. The summed E-state index contributed by atoms with van der Waals surface area (Å²) < 4.78 is 13.2. The zero-order valence-electron chi connectivity index (χ0n) is 7.91. The Morgan fingerprint density at radius 1 is 1.64 bits per heavy atom. The lowest BCUT2D eigenvalue weighted by Crippen LogP contribution is -2.13. The average molecular weight is 192 g/mol. The van der Waals surface area contributed by atoms with E-state index in [-0.39, 0.29) is 11.9 Å². The van der Waals surface area contributed by atoms with Crippen LogP contribution in [0.4, 0.5) is 4.39 Å². The molecule has 3 heteroatoms. The van der Waals surface area contributed by atoms with Gasteiger partial charge in [-0.1, -0.05) is 0 Å². The van der Waals surface area contributed by atoms with Gasteiger partial charge >= 0.3 is 0 Å². The fourth-order valence-corrected chi connectivity index (χ4v) is 1.23. The van der Waals surface area contributed by atoms with E-state index >= 15 is 0 Å². The van der Waals surface area contributed by atoms with Crippen LogP contribution in [-0.4, -0.2) is 4.98 Å². The first-order chi connectivity index (χ1) is 6.75. The molecule has 0 amide bonds. The molecule has 0 aromatic carbocycles. The molecular weight excluding hydrogens is 179 g/mol. The van der Waals surface area contributed by atoms with Crippen molar-refractivity contribution in [2.24, 2.45) is 5.73 Å². The summed E-state index contributed by atoms with van der Waals surface area (Å²) in [5.41, 5.74) is 6.09. The van der Waals surface area contributed by atoms with Gasteiger partial charge in [0.2, 0.25) is 0 Å². The third-order valence-corrected chi connectivity index (χ3v) is 1.97. The molecule has 1 heterocycles. The van der Waals surface area contributed by atoms with Crippen LogP contribution in [0.15, 0.2) is 18.3 Å². The molecule has 0 aliphatic heterocycles. The number of hydrogen-bond donors (Lipinski definition) is 1. The van der Waals surface area contributed by atoms with Crippen LogP contribution in [0.5, 0.6) is 0 Å². The maximum absolute atomic E-state index is 13.2. The molecule has 0 fully saturated rings. The van der Waals surface area contributed by atoms with E-state index in [9.17, 15) is 4.39 Å². The Hall–Kier alpha value is -1.40. The Labute approximate surface area is 83.3 Å². The van der Waals surface area contributed by atoms with Gasteiger partial charge in [0.05, 0.1) is 5.69 Å². The largest absolute Gasteiger partial charge is 0.323 e. The van der Waals surface area contributed by atoms with Crippen molar-refractivity contribution in [2.45, 2.75) is 25.3 Å². The lowest BCUT2D eigenvalue weighted by molar-refractivity contribution is 0.537. The van der Waals surface area contributed by atoms with Gasteiger partial charge in [-0.25, -0.2) is 4.39 Å². The Bertz CT molecular complexity index is 330. The normalized spacial score (nSPS) is 12.1. The van der Waals surface area contributed by atoms with Crippen LogP contribution in [0.25, 0.3) is 0 Å². The van der Waals surface area contributed by atoms with Crippen LogP contribution in [0.2, 0.25) is 0 Å². The van der Waals surface area contributed by atoms with E-state index in [4.69, 9.17) is 12.2 Å². The minimum Gasteiger partial charge on any atom is -0.323 e. The number of nitrogens with zero attached hydrogens (tertiary/aromatic N) is 1. The first-order valence-corrected chi connectivity index (χ1v) is 4.55. The highest BCUT2D eigenvalue weighted by molar-refractivity contribution is 5.10. The molecule has 0 radical (unpaired) electrons. The summed E-state index contributed by atoms with van der Waals surface area (Å²) in [6.07, 6.45) is 8.78. The molecular formula is C11H13FN2. The van der Waals surface area contributed by atoms with E-state index < -0.39 is 0 Å². The van der Waals surface area contributed by atoms with Gasteiger partial charge in [0.15, 0.2) is 0 Å². The second-order valence-electron chi connectivity index (χ2n) is 3.07. The smallest absolute Gasteiger partial charge is 0.146 e. The second-order valence-corrected chi connectivity index (χ2v) is 3.07. The number of pyridine rings is 1. The maximum atomic E-state index is 13.2. The highest BCUT2D eigenvalue weighted by Crippen LogP contribution is 2.16. The third kappa shape index (κ3) is 2.82. The summed E-state index contributed by atoms with van der Waals surface area (Å²) in [4.78, 5) is 3.91. The van der Waals surface area contributed by atoms with Gasteiger partial charge in [0.1, 0.15) is 5.82 Å². The Morgan fingerprint density at radius 3 is 3.07 bits per heavy atom. The first-order valence-electron chi connectivity index (χ1n) is 4.55. The van der Waals surface area contributed by atoms with Gasteiger partial charge in [-0.15, -0.1) is 12.3 Å². The van der Waals surface area contributed by atoms with E-state index in [0.717, 1.165) is 6.42 Å². The highest BCUT2D eigenvalue weighted by Gasteiger charge is 2.11. The van der Waals surface area contributed by atoms with Crippen LogP contribution < -0.4 is 5.73 Å². The van der Waals surface area contributed by atoms with Crippen molar-refractivity contribution in [1.82, 2.24) is 4.98 Å². The Morgan fingerprint density at radius 2 is 2.43 bits per heavy atom. The van der Waals surface area contributed by atoms with E-state index in [1.165, 1.54) is 6.07 Å². The number of nitrogens with two attached hydrogens (primary N) is 1. The van der Waals surface area contributed by atoms with Crippen LogP contribution in [-0.2, 0) is 0 Å². The van der Waals surface area contributed by atoms with E-state index in [0.29, 0.717) is 18.5 Å². The van der Waals surface area contributed by atoms with Crippen LogP contribution in [0, 0.1) is 18.2 Å². The monoisotopic (exact) mass is 192 g/mol. The summed E-state index contributed by atoms with van der Waals surface area (Å²) in [7, 11) is 0. The van der Waals surface area contributed by atoms with Crippen molar-refractivity contribution in [3.63, 3.8) is 0 Å². The lowest BCUT2D eigenvalue weighted by Gasteiger charge is -2.10. The van der Waals surface area contributed by atoms with Gasteiger partial charge in [-0.3, -0.25) is 4.98 Å². The van der Waals surface area contributed by atoms with E-state index in [1.54, 1.807) is 12.3 Å². The van der Waals surface area contributed by atoms with Crippen molar-refractivity contribution in [2.75, 3.05) is 0 Å². The molecule has 0 saturated carbocycles. The summed E-state index contributed by atoms with van der Waals surface area (Å²) in [5.74, 6) is 2.17. The van der Waals surface area contributed by atoms with Crippen molar-refractivity contribution in [1.29, 1.82) is 0 Å². The molecule has 1 aromatic rings. The molecule has 1 aromatic heterocycles.